The highest BCUT2D eigenvalue weighted by atomic mass is 16.6. The second-order valence-electron chi connectivity index (χ2n) is 5.01. The molecule has 2 atom stereocenters. The Labute approximate surface area is 114 Å². The van der Waals surface area contributed by atoms with Crippen molar-refractivity contribution >= 4 is 6.09 Å². The Morgan fingerprint density at radius 2 is 2.11 bits per heavy atom. The van der Waals surface area contributed by atoms with Gasteiger partial charge in [-0.25, -0.2) is 4.79 Å². The SMILES string of the molecule is CC[C@@H]1CN(C(=O)OCc2ccccc2)C[C@@H]1NC. The van der Waals surface area contributed by atoms with Gasteiger partial charge < -0.3 is 15.0 Å². The summed E-state index contributed by atoms with van der Waals surface area (Å²) in [6.45, 7) is 4.03. The van der Waals surface area contributed by atoms with Gasteiger partial charge in [0.05, 0.1) is 0 Å². The van der Waals surface area contributed by atoms with E-state index in [9.17, 15) is 4.79 Å². The van der Waals surface area contributed by atoms with Crippen LogP contribution in [0.4, 0.5) is 4.79 Å². The third-order valence-electron chi connectivity index (χ3n) is 3.80. The van der Waals surface area contributed by atoms with Crippen molar-refractivity contribution in [3.05, 3.63) is 35.9 Å². The summed E-state index contributed by atoms with van der Waals surface area (Å²) in [5.41, 5.74) is 1.02. The molecule has 2 rings (SSSR count). The molecule has 0 spiro atoms. The quantitative estimate of drug-likeness (QED) is 0.905. The maximum Gasteiger partial charge on any atom is 0.410 e. The van der Waals surface area contributed by atoms with Crippen LogP contribution in [-0.4, -0.2) is 37.2 Å². The summed E-state index contributed by atoms with van der Waals surface area (Å²) in [5.74, 6) is 0.522. The zero-order chi connectivity index (χ0) is 13.7. The first-order valence-electron chi connectivity index (χ1n) is 6.87. The van der Waals surface area contributed by atoms with Gasteiger partial charge in [-0.3, -0.25) is 0 Å². The minimum atomic E-state index is -0.208. The van der Waals surface area contributed by atoms with Crippen LogP contribution in [0, 0.1) is 5.92 Å². The van der Waals surface area contributed by atoms with Crippen LogP contribution < -0.4 is 5.32 Å². The zero-order valence-electron chi connectivity index (χ0n) is 11.6. The van der Waals surface area contributed by atoms with E-state index in [0.717, 1.165) is 25.1 Å². The number of carbonyl (C=O) groups excluding carboxylic acids is 1. The molecule has 1 aromatic rings. The van der Waals surface area contributed by atoms with Gasteiger partial charge in [0.25, 0.3) is 0 Å². The summed E-state index contributed by atoms with van der Waals surface area (Å²) in [6.07, 6.45) is 0.869. The highest BCUT2D eigenvalue weighted by Gasteiger charge is 2.33. The van der Waals surface area contributed by atoms with E-state index in [1.165, 1.54) is 0 Å². The maximum absolute atomic E-state index is 12.0. The summed E-state index contributed by atoms with van der Waals surface area (Å²) in [6, 6.07) is 10.2. The molecule has 1 aliphatic rings. The molecule has 4 heteroatoms. The Morgan fingerprint density at radius 3 is 2.68 bits per heavy atom. The summed E-state index contributed by atoms with van der Waals surface area (Å²) in [4.78, 5) is 13.8. The van der Waals surface area contributed by atoms with Gasteiger partial charge >= 0.3 is 6.09 Å². The predicted octanol–water partition coefficient (Wildman–Crippen LogP) is 2.25. The molecule has 0 unspecified atom stereocenters. The number of hydrogen-bond acceptors (Lipinski definition) is 3. The Bertz CT molecular complexity index is 396. The van der Waals surface area contributed by atoms with Crippen LogP contribution in [0.15, 0.2) is 30.3 Å². The van der Waals surface area contributed by atoms with E-state index in [-0.39, 0.29) is 6.09 Å². The summed E-state index contributed by atoms with van der Waals surface area (Å²) in [7, 11) is 1.95. The molecule has 1 aromatic carbocycles. The summed E-state index contributed by atoms with van der Waals surface area (Å²) < 4.78 is 5.36. The fraction of sp³-hybridized carbons (Fsp3) is 0.533. The van der Waals surface area contributed by atoms with Crippen LogP contribution in [0.2, 0.25) is 0 Å². The molecule has 0 saturated carbocycles. The number of ether oxygens (including phenoxy) is 1. The van der Waals surface area contributed by atoms with Crippen LogP contribution in [-0.2, 0) is 11.3 Å². The lowest BCUT2D eigenvalue weighted by atomic mass is 10.0. The number of hydrogen-bond donors (Lipinski definition) is 1. The first kappa shape index (κ1) is 13.9. The molecular formula is C15H22N2O2. The number of carbonyl (C=O) groups is 1. The monoisotopic (exact) mass is 262 g/mol. The third kappa shape index (κ3) is 3.47. The fourth-order valence-electron chi connectivity index (χ4n) is 2.57. The van der Waals surface area contributed by atoms with Gasteiger partial charge in [-0.1, -0.05) is 43.7 Å². The highest BCUT2D eigenvalue weighted by molar-refractivity contribution is 5.68. The molecule has 0 bridgehead atoms. The Hall–Kier alpha value is -1.55. The smallest absolute Gasteiger partial charge is 0.410 e. The molecule has 0 radical (unpaired) electrons. The van der Waals surface area contributed by atoms with Crippen LogP contribution in [0.1, 0.15) is 18.9 Å². The molecule has 1 amide bonds. The van der Waals surface area contributed by atoms with Crippen molar-refractivity contribution in [2.24, 2.45) is 5.92 Å². The molecule has 0 aromatic heterocycles. The van der Waals surface area contributed by atoms with Crippen molar-refractivity contribution < 1.29 is 9.53 Å². The van der Waals surface area contributed by atoms with Gasteiger partial charge in [-0.05, 0) is 18.5 Å². The lowest BCUT2D eigenvalue weighted by molar-refractivity contribution is 0.103. The molecule has 1 aliphatic heterocycles. The van der Waals surface area contributed by atoms with Crippen LogP contribution in [0.3, 0.4) is 0 Å². The van der Waals surface area contributed by atoms with E-state index in [2.05, 4.69) is 12.2 Å². The van der Waals surface area contributed by atoms with Gasteiger partial charge in [-0.15, -0.1) is 0 Å². The van der Waals surface area contributed by atoms with Crippen molar-refractivity contribution in [2.75, 3.05) is 20.1 Å². The average Bonchev–Trinajstić information content (AvgIpc) is 2.89. The van der Waals surface area contributed by atoms with Crippen molar-refractivity contribution in [3.63, 3.8) is 0 Å². The molecule has 1 heterocycles. The van der Waals surface area contributed by atoms with Crippen molar-refractivity contribution in [2.45, 2.75) is 26.0 Å². The fourth-order valence-corrected chi connectivity index (χ4v) is 2.57. The lowest BCUT2D eigenvalue weighted by Crippen LogP contribution is -2.34. The van der Waals surface area contributed by atoms with Gasteiger partial charge in [-0.2, -0.15) is 0 Å². The normalized spacial score (nSPS) is 22.5. The van der Waals surface area contributed by atoms with Gasteiger partial charge in [0.15, 0.2) is 0 Å². The molecule has 104 valence electrons. The molecular weight excluding hydrogens is 240 g/mol. The predicted molar refractivity (Wildman–Crippen MR) is 74.8 cm³/mol. The maximum atomic E-state index is 12.0. The van der Waals surface area contributed by atoms with Crippen LogP contribution in [0.5, 0.6) is 0 Å². The molecule has 4 nitrogen and oxygen atoms in total. The van der Waals surface area contributed by atoms with Gasteiger partial charge in [0.1, 0.15) is 6.61 Å². The van der Waals surface area contributed by atoms with E-state index < -0.39 is 0 Å². The minimum Gasteiger partial charge on any atom is -0.445 e. The number of nitrogens with one attached hydrogen (secondary N) is 1. The largest absolute Gasteiger partial charge is 0.445 e. The second-order valence-corrected chi connectivity index (χ2v) is 5.01. The van der Waals surface area contributed by atoms with Crippen LogP contribution >= 0.6 is 0 Å². The van der Waals surface area contributed by atoms with Gasteiger partial charge in [0, 0.05) is 19.1 Å². The van der Waals surface area contributed by atoms with E-state index in [1.807, 2.05) is 37.4 Å². The van der Waals surface area contributed by atoms with E-state index in [4.69, 9.17) is 4.74 Å². The Kier molecular flexibility index (Phi) is 4.80. The first-order valence-corrected chi connectivity index (χ1v) is 6.87. The number of benzene rings is 1. The third-order valence-corrected chi connectivity index (χ3v) is 3.80. The highest BCUT2D eigenvalue weighted by Crippen LogP contribution is 2.20. The molecule has 1 N–H and O–H groups in total. The molecule has 0 aliphatic carbocycles. The topological polar surface area (TPSA) is 41.6 Å². The summed E-state index contributed by atoms with van der Waals surface area (Å²) >= 11 is 0. The second kappa shape index (κ2) is 6.57. The van der Waals surface area contributed by atoms with Crippen molar-refractivity contribution in [3.8, 4) is 0 Å². The molecule has 1 saturated heterocycles. The van der Waals surface area contributed by atoms with Gasteiger partial charge in [0.2, 0.25) is 0 Å². The molecule has 19 heavy (non-hydrogen) atoms. The average molecular weight is 262 g/mol. The van der Waals surface area contributed by atoms with Crippen LogP contribution in [0.25, 0.3) is 0 Å². The van der Waals surface area contributed by atoms with E-state index in [1.54, 1.807) is 4.90 Å². The zero-order valence-corrected chi connectivity index (χ0v) is 11.6. The Morgan fingerprint density at radius 1 is 1.37 bits per heavy atom. The summed E-state index contributed by atoms with van der Waals surface area (Å²) in [5, 5.41) is 3.27. The first-order chi connectivity index (χ1) is 9.24. The minimum absolute atomic E-state index is 0.208. The van der Waals surface area contributed by atoms with Crippen molar-refractivity contribution in [1.29, 1.82) is 0 Å². The number of rotatable bonds is 4. The molecule has 1 fully saturated rings. The number of likely N-dealkylation sites (tertiary alicyclic amines) is 1. The Balaban J connectivity index is 1.84. The van der Waals surface area contributed by atoms with E-state index >= 15 is 0 Å². The van der Waals surface area contributed by atoms with Crippen molar-refractivity contribution in [1.82, 2.24) is 10.2 Å². The lowest BCUT2D eigenvalue weighted by Gasteiger charge is -2.16. The number of amides is 1. The number of nitrogens with zero attached hydrogens (tertiary/aromatic N) is 1. The number of likely N-dealkylation sites (N-methyl/N-ethyl adjacent to an activating group) is 1. The standard InChI is InChI=1S/C15H22N2O2/c1-3-13-9-17(10-14(13)16-2)15(18)19-11-12-7-5-4-6-8-12/h4-8,13-14,16H,3,9-11H2,1-2H3/t13-,14+/m1/s1. The van der Waals surface area contributed by atoms with E-state index in [0.29, 0.717) is 18.6 Å².